The molecular formula is C5H5NO3S. The maximum absolute atomic E-state index is 10.6. The first-order chi connectivity index (χ1) is 4.72. The van der Waals surface area contributed by atoms with Crippen LogP contribution in [0.15, 0.2) is 29.4 Å². The van der Waals surface area contributed by atoms with Gasteiger partial charge in [-0.25, -0.2) is 8.42 Å². The van der Waals surface area contributed by atoms with Gasteiger partial charge in [0.25, 0.3) is 0 Å². The smallest absolute Gasteiger partial charge is 0.305 e. The molecule has 0 aliphatic heterocycles. The first kappa shape index (κ1) is 7.01. The van der Waals surface area contributed by atoms with E-state index in [2.05, 4.69) is 0 Å². The summed E-state index contributed by atoms with van der Waals surface area (Å²) in [5.41, 5.74) is 0. The topological polar surface area (TPSA) is 61.1 Å². The third-order valence-corrected chi connectivity index (χ3v) is 1.71. The largest absolute Gasteiger partial charge is 0.618 e. The molecule has 54 valence electrons. The number of pyridine rings is 1. The summed E-state index contributed by atoms with van der Waals surface area (Å²) in [6.07, 6.45) is 1.14. The number of thiol groups is 1. The fourth-order valence-electron chi connectivity index (χ4n) is 0.561. The Labute approximate surface area is 59.3 Å². The summed E-state index contributed by atoms with van der Waals surface area (Å²) in [6.45, 7) is 0. The first-order valence-corrected chi connectivity index (χ1v) is 3.72. The maximum Gasteiger partial charge on any atom is 0.305 e. The Morgan fingerprint density at radius 1 is 1.40 bits per heavy atom. The average molecular weight is 159 g/mol. The van der Waals surface area contributed by atoms with Gasteiger partial charge in [-0.3, -0.25) is 0 Å². The van der Waals surface area contributed by atoms with Crippen LogP contribution in [0.4, 0.5) is 0 Å². The minimum absolute atomic E-state index is 0.225. The minimum atomic E-state index is -2.77. The van der Waals surface area contributed by atoms with Gasteiger partial charge in [0, 0.05) is 12.1 Å². The molecule has 1 aromatic heterocycles. The Morgan fingerprint density at radius 3 is 2.50 bits per heavy atom. The average Bonchev–Trinajstić information content (AvgIpc) is 1.88. The molecule has 10 heavy (non-hydrogen) atoms. The van der Waals surface area contributed by atoms with Crippen molar-refractivity contribution in [3.8, 4) is 0 Å². The molecule has 0 spiro atoms. The molecule has 0 aromatic carbocycles. The molecule has 0 aliphatic rings. The molecule has 1 aromatic rings. The van der Waals surface area contributed by atoms with Crippen molar-refractivity contribution < 1.29 is 13.1 Å². The summed E-state index contributed by atoms with van der Waals surface area (Å²) in [7, 11) is -2.77. The van der Waals surface area contributed by atoms with Gasteiger partial charge in [0.05, 0.1) is 0 Å². The highest BCUT2D eigenvalue weighted by atomic mass is 32.2. The van der Waals surface area contributed by atoms with E-state index in [0.29, 0.717) is 4.73 Å². The molecule has 0 radical (unpaired) electrons. The zero-order valence-corrected chi connectivity index (χ0v) is 5.82. The van der Waals surface area contributed by atoms with E-state index in [1.807, 2.05) is 0 Å². The Kier molecular flexibility index (Phi) is 1.86. The molecule has 0 saturated heterocycles. The van der Waals surface area contributed by atoms with Gasteiger partial charge >= 0.3 is 5.03 Å². The second kappa shape index (κ2) is 2.66. The van der Waals surface area contributed by atoms with Crippen LogP contribution in [0, 0.1) is 5.21 Å². The van der Waals surface area contributed by atoms with E-state index in [4.69, 9.17) is 0 Å². The fraction of sp³-hybridized carbons (Fsp3) is 0. The zero-order valence-electron chi connectivity index (χ0n) is 4.93. The van der Waals surface area contributed by atoms with Crippen LogP contribution in [-0.2, 0) is 10.7 Å². The monoisotopic (exact) mass is 159 g/mol. The predicted octanol–water partition coefficient (Wildman–Crippen LogP) is -0.710. The van der Waals surface area contributed by atoms with Crippen LogP contribution < -0.4 is 4.73 Å². The van der Waals surface area contributed by atoms with Gasteiger partial charge in [0.15, 0.2) is 6.20 Å². The molecule has 1 heterocycles. The number of nitrogens with zero attached hydrogens (tertiary/aromatic N) is 1. The van der Waals surface area contributed by atoms with E-state index in [1.54, 1.807) is 0 Å². The summed E-state index contributed by atoms with van der Waals surface area (Å²) >= 11 is 0. The molecule has 0 amide bonds. The van der Waals surface area contributed by atoms with Crippen molar-refractivity contribution in [2.24, 2.45) is 0 Å². The van der Waals surface area contributed by atoms with Crippen molar-refractivity contribution in [2.75, 3.05) is 0 Å². The fourth-order valence-corrected chi connectivity index (χ4v) is 0.996. The van der Waals surface area contributed by atoms with Crippen molar-refractivity contribution in [1.82, 2.24) is 0 Å². The highest BCUT2D eigenvalue weighted by Crippen LogP contribution is 1.89. The van der Waals surface area contributed by atoms with Gasteiger partial charge in [0.2, 0.25) is 10.7 Å². The van der Waals surface area contributed by atoms with Crippen LogP contribution in [0.5, 0.6) is 0 Å². The summed E-state index contributed by atoms with van der Waals surface area (Å²) in [4.78, 5) is 0. The molecule has 4 nitrogen and oxygen atoms in total. The van der Waals surface area contributed by atoms with Gasteiger partial charge in [0.1, 0.15) is 0 Å². The quantitative estimate of drug-likeness (QED) is 0.334. The van der Waals surface area contributed by atoms with Gasteiger partial charge in [-0.1, -0.05) is 0 Å². The van der Waals surface area contributed by atoms with E-state index in [0.717, 1.165) is 6.20 Å². The second-order valence-corrected chi connectivity index (χ2v) is 2.61. The van der Waals surface area contributed by atoms with Crippen LogP contribution in [0.3, 0.4) is 0 Å². The molecule has 0 N–H and O–H groups in total. The lowest BCUT2D eigenvalue weighted by Gasteiger charge is -1.94. The van der Waals surface area contributed by atoms with E-state index in [1.165, 1.54) is 18.2 Å². The van der Waals surface area contributed by atoms with Crippen molar-refractivity contribution in [3.05, 3.63) is 29.6 Å². The van der Waals surface area contributed by atoms with Crippen LogP contribution in [0.25, 0.3) is 0 Å². The standard InChI is InChI=1S/C5H5NO3S/c7-6-4-2-1-3-5(6)10(8)9/h1-4,10H. The van der Waals surface area contributed by atoms with E-state index >= 15 is 0 Å². The third-order valence-electron chi connectivity index (χ3n) is 0.991. The summed E-state index contributed by atoms with van der Waals surface area (Å²) in [5.74, 6) is 0. The van der Waals surface area contributed by atoms with Gasteiger partial charge < -0.3 is 5.21 Å². The molecule has 0 fully saturated rings. The van der Waals surface area contributed by atoms with Crippen molar-refractivity contribution in [2.45, 2.75) is 5.03 Å². The van der Waals surface area contributed by atoms with E-state index in [-0.39, 0.29) is 5.03 Å². The van der Waals surface area contributed by atoms with Crippen LogP contribution >= 0.6 is 0 Å². The Hall–Kier alpha value is -1.10. The molecule has 1 rings (SSSR count). The second-order valence-electron chi connectivity index (χ2n) is 1.64. The number of hydrogen-bond acceptors (Lipinski definition) is 3. The Bertz CT molecular complexity index is 300. The molecule has 0 unspecified atom stereocenters. The number of hydrogen-bond donors (Lipinski definition) is 1. The van der Waals surface area contributed by atoms with Crippen LogP contribution in [0.1, 0.15) is 0 Å². The van der Waals surface area contributed by atoms with E-state index < -0.39 is 10.7 Å². The normalized spacial score (nSPS) is 10.1. The summed E-state index contributed by atoms with van der Waals surface area (Å²) in [5, 5.41) is 10.4. The van der Waals surface area contributed by atoms with Crippen LogP contribution in [0.2, 0.25) is 0 Å². The SMILES string of the molecule is O=[SH](=O)c1cccc[n+]1[O-]. The lowest BCUT2D eigenvalue weighted by Crippen LogP contribution is -2.29. The lowest BCUT2D eigenvalue weighted by molar-refractivity contribution is -0.646. The highest BCUT2D eigenvalue weighted by molar-refractivity contribution is 7.72. The van der Waals surface area contributed by atoms with Crippen LogP contribution in [-0.4, -0.2) is 8.42 Å². The maximum atomic E-state index is 10.6. The number of rotatable bonds is 1. The molecule has 5 heteroatoms. The summed E-state index contributed by atoms with van der Waals surface area (Å²) < 4.78 is 20.8. The van der Waals surface area contributed by atoms with Gasteiger partial charge in [-0.15, -0.1) is 0 Å². The minimum Gasteiger partial charge on any atom is -0.618 e. The Balaban J connectivity index is 3.28. The lowest BCUT2D eigenvalue weighted by atomic mass is 10.5. The third kappa shape index (κ3) is 1.24. The highest BCUT2D eigenvalue weighted by Gasteiger charge is 2.03. The number of aromatic nitrogens is 1. The van der Waals surface area contributed by atoms with E-state index in [9.17, 15) is 13.6 Å². The molecule has 0 bridgehead atoms. The summed E-state index contributed by atoms with van der Waals surface area (Å²) in [6, 6.07) is 4.21. The van der Waals surface area contributed by atoms with Gasteiger partial charge in [-0.05, 0) is 6.07 Å². The van der Waals surface area contributed by atoms with Crippen molar-refractivity contribution in [1.29, 1.82) is 0 Å². The predicted molar refractivity (Wildman–Crippen MR) is 34.0 cm³/mol. The Morgan fingerprint density at radius 2 is 2.10 bits per heavy atom. The zero-order chi connectivity index (χ0) is 7.56. The molecular weight excluding hydrogens is 154 g/mol. The van der Waals surface area contributed by atoms with Crippen molar-refractivity contribution in [3.63, 3.8) is 0 Å². The first-order valence-electron chi connectivity index (χ1n) is 2.54. The van der Waals surface area contributed by atoms with Crippen molar-refractivity contribution >= 4 is 10.7 Å². The molecule has 0 atom stereocenters. The molecule has 0 saturated carbocycles. The molecule has 0 aliphatic carbocycles. The van der Waals surface area contributed by atoms with Gasteiger partial charge in [-0.2, -0.15) is 4.73 Å².